The lowest BCUT2D eigenvalue weighted by molar-refractivity contribution is -0.292. The van der Waals surface area contributed by atoms with Gasteiger partial charge in [-0.2, -0.15) is 0 Å². The zero-order valence-electron chi connectivity index (χ0n) is 6.57. The van der Waals surface area contributed by atoms with Gasteiger partial charge in [0.25, 0.3) is 11.7 Å². The largest absolute Gasteiger partial charge is 0.345 e. The van der Waals surface area contributed by atoms with Crippen molar-refractivity contribution in [3.05, 3.63) is 0 Å². The van der Waals surface area contributed by atoms with Crippen molar-refractivity contribution in [3.8, 4) is 0 Å². The van der Waals surface area contributed by atoms with Crippen molar-refractivity contribution in [1.82, 2.24) is 0 Å². The van der Waals surface area contributed by atoms with Crippen LogP contribution in [0.3, 0.4) is 0 Å². The van der Waals surface area contributed by atoms with Crippen LogP contribution in [-0.4, -0.2) is 25.9 Å². The molecule has 2 unspecified atom stereocenters. The van der Waals surface area contributed by atoms with Crippen LogP contribution >= 0.6 is 0 Å². The lowest BCUT2D eigenvalue weighted by Gasteiger charge is -2.30. The monoisotopic (exact) mass is 154 g/mol. The summed E-state index contributed by atoms with van der Waals surface area (Å²) in [6, 6.07) is 0. The van der Waals surface area contributed by atoms with Gasteiger partial charge in [-0.1, -0.05) is 0 Å². The van der Waals surface area contributed by atoms with Crippen LogP contribution < -0.4 is 0 Å². The lowest BCUT2D eigenvalue weighted by atomic mass is 10.2. The van der Waals surface area contributed by atoms with Gasteiger partial charge in [0.15, 0.2) is 0 Å². The third-order valence-corrected chi connectivity index (χ3v) is 1.56. The minimum Gasteiger partial charge on any atom is -0.345 e. The number of ether oxygens (including phenoxy) is 2. The Morgan fingerprint density at radius 3 is 1.20 bits per heavy atom. The molecule has 0 radical (unpaired) electrons. The predicted molar refractivity (Wildman–Crippen MR) is 33.0 cm³/mol. The molecule has 2 nitrogen and oxygen atoms in total. The van der Waals surface area contributed by atoms with E-state index in [0.717, 1.165) is 28.1 Å². The van der Waals surface area contributed by atoms with Gasteiger partial charge in [-0.05, 0) is 0 Å². The molecule has 0 aromatic heterocycles. The summed E-state index contributed by atoms with van der Waals surface area (Å²) in [7, 11) is 2.16. The third kappa shape index (κ3) is 1.64. The van der Waals surface area contributed by atoms with Gasteiger partial charge in [0.05, 0.1) is 0 Å². The van der Waals surface area contributed by atoms with Crippen LogP contribution in [0.15, 0.2) is 0 Å². The van der Waals surface area contributed by atoms with Gasteiger partial charge in [-0.15, -0.1) is 0 Å². The Morgan fingerprint density at radius 1 is 0.900 bits per heavy atom. The van der Waals surface area contributed by atoms with Gasteiger partial charge in [-0.3, -0.25) is 0 Å². The van der Waals surface area contributed by atoms with E-state index in [1.165, 1.54) is 0 Å². The Morgan fingerprint density at radius 2 is 1.10 bits per heavy atom. The number of alkyl halides is 2. The average molecular weight is 154 g/mol. The van der Waals surface area contributed by atoms with Gasteiger partial charge < -0.3 is 9.47 Å². The number of hydrogen-bond donors (Lipinski definition) is 0. The highest BCUT2D eigenvalue weighted by Crippen LogP contribution is 2.30. The highest BCUT2D eigenvalue weighted by molar-refractivity contribution is 4.77. The van der Waals surface area contributed by atoms with Crippen molar-refractivity contribution in [1.29, 1.82) is 0 Å². The third-order valence-electron chi connectivity index (χ3n) is 1.56. The second-order valence-electron chi connectivity index (χ2n) is 2.24. The summed E-state index contributed by atoms with van der Waals surface area (Å²) >= 11 is 0. The highest BCUT2D eigenvalue weighted by Gasteiger charge is 2.47. The first kappa shape index (κ1) is 9.78. The molecule has 0 bridgehead atoms. The first-order valence-electron chi connectivity index (χ1n) is 2.85. The Balaban J connectivity index is 4.28. The SMILES string of the molecule is COC(C)(F)C(C)(F)OC. The predicted octanol–water partition coefficient (Wildman–Crippen LogP) is 1.65. The lowest BCUT2D eigenvalue weighted by Crippen LogP contribution is -2.45. The van der Waals surface area contributed by atoms with Crippen LogP contribution in [0.4, 0.5) is 8.78 Å². The molecule has 2 atom stereocenters. The molecule has 0 spiro atoms. The maximum Gasteiger partial charge on any atom is 0.265 e. The van der Waals surface area contributed by atoms with Gasteiger partial charge in [-0.25, -0.2) is 8.78 Å². The molecule has 0 aromatic rings. The van der Waals surface area contributed by atoms with E-state index < -0.39 is 11.7 Å². The van der Waals surface area contributed by atoms with Crippen molar-refractivity contribution in [2.45, 2.75) is 25.6 Å². The van der Waals surface area contributed by atoms with Crippen LogP contribution in [-0.2, 0) is 9.47 Å². The maximum absolute atomic E-state index is 12.9. The molecule has 0 rings (SSSR count). The van der Waals surface area contributed by atoms with Crippen molar-refractivity contribution in [3.63, 3.8) is 0 Å². The van der Waals surface area contributed by atoms with E-state index in [9.17, 15) is 8.78 Å². The second-order valence-corrected chi connectivity index (χ2v) is 2.24. The molecule has 4 heteroatoms. The molecular formula is C6H12F2O2. The fraction of sp³-hybridized carbons (Fsp3) is 1.00. The van der Waals surface area contributed by atoms with E-state index in [2.05, 4.69) is 9.47 Å². The van der Waals surface area contributed by atoms with Gasteiger partial charge in [0, 0.05) is 28.1 Å². The summed E-state index contributed by atoms with van der Waals surface area (Å²) in [5.74, 6) is -4.80. The second kappa shape index (κ2) is 2.80. The highest BCUT2D eigenvalue weighted by atomic mass is 19.2. The smallest absolute Gasteiger partial charge is 0.265 e. The van der Waals surface area contributed by atoms with Crippen LogP contribution in [0, 0.1) is 0 Å². The zero-order valence-corrected chi connectivity index (χ0v) is 6.57. The maximum atomic E-state index is 12.9. The molecule has 0 N–H and O–H groups in total. The summed E-state index contributed by atoms with van der Waals surface area (Å²) in [6.07, 6.45) is 0. The van der Waals surface area contributed by atoms with Gasteiger partial charge in [0.2, 0.25) is 0 Å². The van der Waals surface area contributed by atoms with E-state index in [1.54, 1.807) is 0 Å². The zero-order chi connectivity index (χ0) is 8.41. The van der Waals surface area contributed by atoms with E-state index in [0.29, 0.717) is 0 Å². The summed E-state index contributed by atoms with van der Waals surface area (Å²) in [6.45, 7) is 1.94. The van der Waals surface area contributed by atoms with Crippen molar-refractivity contribution >= 4 is 0 Å². The molecular weight excluding hydrogens is 142 g/mol. The molecule has 0 aromatic carbocycles. The molecule has 0 saturated carbocycles. The minimum absolute atomic E-state index is 0.969. The fourth-order valence-corrected chi connectivity index (χ4v) is 0.365. The number of rotatable bonds is 3. The molecule has 0 aliphatic rings. The van der Waals surface area contributed by atoms with E-state index >= 15 is 0 Å². The van der Waals surface area contributed by atoms with Crippen LogP contribution in [0.2, 0.25) is 0 Å². The van der Waals surface area contributed by atoms with Crippen LogP contribution in [0.25, 0.3) is 0 Å². The Kier molecular flexibility index (Phi) is 2.74. The van der Waals surface area contributed by atoms with E-state index in [4.69, 9.17) is 0 Å². The van der Waals surface area contributed by atoms with Crippen molar-refractivity contribution in [2.24, 2.45) is 0 Å². The number of halogens is 2. The minimum atomic E-state index is -2.40. The fourth-order valence-electron chi connectivity index (χ4n) is 0.365. The Labute approximate surface area is 59.1 Å². The van der Waals surface area contributed by atoms with Crippen LogP contribution in [0.1, 0.15) is 13.8 Å². The summed E-state index contributed by atoms with van der Waals surface area (Å²) in [4.78, 5) is 0. The molecule has 10 heavy (non-hydrogen) atoms. The van der Waals surface area contributed by atoms with E-state index in [1.807, 2.05) is 0 Å². The summed E-state index contributed by atoms with van der Waals surface area (Å²) < 4.78 is 34.2. The molecule has 0 saturated heterocycles. The van der Waals surface area contributed by atoms with Gasteiger partial charge in [0.1, 0.15) is 0 Å². The molecule has 0 aliphatic carbocycles. The molecule has 0 fully saturated rings. The van der Waals surface area contributed by atoms with Crippen molar-refractivity contribution in [2.75, 3.05) is 14.2 Å². The first-order valence-corrected chi connectivity index (χ1v) is 2.85. The number of methoxy groups -OCH3 is 2. The Bertz CT molecular complexity index is 98.3. The molecule has 0 amide bonds. The molecule has 62 valence electrons. The average Bonchev–Trinajstić information content (AvgIpc) is 1.88. The normalized spacial score (nSPS) is 23.4. The quantitative estimate of drug-likeness (QED) is 0.615. The van der Waals surface area contributed by atoms with Gasteiger partial charge >= 0.3 is 0 Å². The topological polar surface area (TPSA) is 18.5 Å². The standard InChI is InChI=1S/C6H12F2O2/c1-5(7,9-3)6(2,8)10-4/h1-4H3. The molecule has 0 heterocycles. The summed E-state index contributed by atoms with van der Waals surface area (Å²) in [5.41, 5.74) is 0. The number of hydrogen-bond acceptors (Lipinski definition) is 2. The first-order chi connectivity index (χ1) is 4.37. The van der Waals surface area contributed by atoms with Crippen molar-refractivity contribution < 1.29 is 18.3 Å². The van der Waals surface area contributed by atoms with Crippen LogP contribution in [0.5, 0.6) is 0 Å². The van der Waals surface area contributed by atoms with E-state index in [-0.39, 0.29) is 0 Å². The Hall–Kier alpha value is -0.220. The molecule has 0 aliphatic heterocycles. The summed E-state index contributed by atoms with van der Waals surface area (Å²) in [5, 5.41) is 0.